The Hall–Kier alpha value is -3.80. The molecule has 1 aliphatic rings. The van der Waals surface area contributed by atoms with Gasteiger partial charge in [0.2, 0.25) is 5.91 Å². The van der Waals surface area contributed by atoms with Crippen LogP contribution in [0.25, 0.3) is 0 Å². The lowest BCUT2D eigenvalue weighted by atomic mass is 9.99. The fraction of sp³-hybridized carbons (Fsp3) is 0.259. The zero-order valence-electron chi connectivity index (χ0n) is 19.5. The van der Waals surface area contributed by atoms with E-state index in [4.69, 9.17) is 4.74 Å². The third-order valence-corrected chi connectivity index (χ3v) is 5.82. The van der Waals surface area contributed by atoms with Crippen molar-refractivity contribution in [1.29, 1.82) is 0 Å². The molecule has 1 atom stereocenters. The van der Waals surface area contributed by atoms with Crippen molar-refractivity contribution in [2.24, 2.45) is 0 Å². The van der Waals surface area contributed by atoms with Gasteiger partial charge >= 0.3 is 0 Å². The van der Waals surface area contributed by atoms with Crippen LogP contribution in [0, 0.1) is 6.92 Å². The molecule has 6 heteroatoms. The van der Waals surface area contributed by atoms with Crippen molar-refractivity contribution in [1.82, 2.24) is 0 Å². The summed E-state index contributed by atoms with van der Waals surface area (Å²) in [6.45, 7) is 4.47. The van der Waals surface area contributed by atoms with Gasteiger partial charge in [-0.1, -0.05) is 29.8 Å². The Morgan fingerprint density at radius 3 is 2.06 bits per heavy atom. The molecule has 3 aromatic carbocycles. The number of carbonyl (C=O) groups is 2. The number of hydrogen-bond donors (Lipinski definition) is 0. The van der Waals surface area contributed by atoms with Gasteiger partial charge in [-0.15, -0.1) is 0 Å². The van der Waals surface area contributed by atoms with Crippen molar-refractivity contribution in [2.45, 2.75) is 19.9 Å². The van der Waals surface area contributed by atoms with Crippen LogP contribution in [0.5, 0.6) is 5.75 Å². The zero-order chi connectivity index (χ0) is 23.5. The first-order chi connectivity index (χ1) is 15.9. The van der Waals surface area contributed by atoms with Gasteiger partial charge in [-0.05, 0) is 67.9 Å². The zero-order valence-corrected chi connectivity index (χ0v) is 19.5. The summed E-state index contributed by atoms with van der Waals surface area (Å²) in [6.07, 6.45) is 0. The maximum Gasteiger partial charge on any atom is 0.255 e. The van der Waals surface area contributed by atoms with Crippen LogP contribution < -0.4 is 19.4 Å². The molecular weight excluding hydrogens is 414 g/mol. The van der Waals surface area contributed by atoms with Gasteiger partial charge in [0.1, 0.15) is 18.3 Å². The molecule has 1 heterocycles. The van der Waals surface area contributed by atoms with Gasteiger partial charge < -0.3 is 14.5 Å². The number of piperazine rings is 1. The maximum atomic E-state index is 13.8. The molecule has 4 rings (SSSR count). The van der Waals surface area contributed by atoms with Crippen molar-refractivity contribution < 1.29 is 14.3 Å². The van der Waals surface area contributed by atoms with Crippen LogP contribution in [0.2, 0.25) is 0 Å². The van der Waals surface area contributed by atoms with Crippen molar-refractivity contribution in [3.05, 3.63) is 83.9 Å². The van der Waals surface area contributed by atoms with Crippen molar-refractivity contribution in [3.8, 4) is 5.75 Å². The number of aryl methyl sites for hydroxylation is 1. The van der Waals surface area contributed by atoms with Crippen LogP contribution in [0.15, 0.2) is 72.8 Å². The highest BCUT2D eigenvalue weighted by molar-refractivity contribution is 6.14. The van der Waals surface area contributed by atoms with E-state index in [9.17, 15) is 9.59 Å². The number of carbonyl (C=O) groups excluding carboxylic acids is 2. The van der Waals surface area contributed by atoms with Crippen LogP contribution in [-0.4, -0.2) is 39.1 Å². The molecular formula is C27H29N3O3. The largest absolute Gasteiger partial charge is 0.494 e. The Morgan fingerprint density at radius 2 is 1.48 bits per heavy atom. The number of hydrogen-bond acceptors (Lipinski definition) is 4. The second-order valence-corrected chi connectivity index (χ2v) is 8.34. The number of anilines is 3. The molecule has 0 aliphatic carbocycles. The van der Waals surface area contributed by atoms with Crippen molar-refractivity contribution in [2.75, 3.05) is 41.9 Å². The lowest BCUT2D eigenvalue weighted by Gasteiger charge is -2.40. The third kappa shape index (κ3) is 4.55. The van der Waals surface area contributed by atoms with E-state index < -0.39 is 6.04 Å². The number of benzene rings is 3. The molecule has 0 aromatic heterocycles. The number of ether oxygens (including phenoxy) is 1. The normalized spacial score (nSPS) is 16.2. The smallest absolute Gasteiger partial charge is 0.255 e. The molecule has 1 aliphatic heterocycles. The molecule has 33 heavy (non-hydrogen) atoms. The Kier molecular flexibility index (Phi) is 6.36. The Labute approximate surface area is 195 Å². The van der Waals surface area contributed by atoms with E-state index in [1.54, 1.807) is 9.80 Å². The van der Waals surface area contributed by atoms with E-state index in [2.05, 4.69) is 0 Å². The summed E-state index contributed by atoms with van der Waals surface area (Å²) in [5, 5.41) is 0. The van der Waals surface area contributed by atoms with E-state index in [1.165, 1.54) is 0 Å². The van der Waals surface area contributed by atoms with Gasteiger partial charge in [0, 0.05) is 31.2 Å². The predicted molar refractivity (Wildman–Crippen MR) is 132 cm³/mol. The van der Waals surface area contributed by atoms with Crippen LogP contribution >= 0.6 is 0 Å². The molecule has 0 saturated carbocycles. The minimum Gasteiger partial charge on any atom is -0.494 e. The molecule has 0 N–H and O–H groups in total. The van der Waals surface area contributed by atoms with E-state index >= 15 is 0 Å². The van der Waals surface area contributed by atoms with Gasteiger partial charge in [0.15, 0.2) is 0 Å². The Bertz CT molecular complexity index is 1120. The summed E-state index contributed by atoms with van der Waals surface area (Å²) < 4.78 is 5.54. The van der Waals surface area contributed by atoms with E-state index in [0.29, 0.717) is 12.3 Å². The van der Waals surface area contributed by atoms with E-state index in [-0.39, 0.29) is 18.4 Å². The molecule has 0 spiro atoms. The van der Waals surface area contributed by atoms with Crippen LogP contribution in [0.3, 0.4) is 0 Å². The van der Waals surface area contributed by atoms with E-state index in [1.807, 2.05) is 106 Å². The predicted octanol–water partition coefficient (Wildman–Crippen LogP) is 4.58. The summed E-state index contributed by atoms with van der Waals surface area (Å²) in [5.74, 6) is 0.455. The molecule has 0 unspecified atom stereocenters. The molecule has 1 fully saturated rings. The summed E-state index contributed by atoms with van der Waals surface area (Å²) in [6, 6.07) is 22.0. The summed E-state index contributed by atoms with van der Waals surface area (Å²) in [7, 11) is 3.94. The molecule has 170 valence electrons. The molecule has 0 radical (unpaired) electrons. The fourth-order valence-corrected chi connectivity index (χ4v) is 4.04. The SMILES string of the molecule is CCOc1ccc(N2C(=O)CN(c3ccc(C)cc3)C(=O)[C@H]2c2ccc(N(C)C)cc2)cc1. The first-order valence-electron chi connectivity index (χ1n) is 11.1. The quantitative estimate of drug-likeness (QED) is 0.560. The highest BCUT2D eigenvalue weighted by atomic mass is 16.5. The van der Waals surface area contributed by atoms with Gasteiger partial charge in [0.05, 0.1) is 6.61 Å². The lowest BCUT2D eigenvalue weighted by Crippen LogP contribution is -2.56. The lowest BCUT2D eigenvalue weighted by molar-refractivity contribution is -0.128. The summed E-state index contributed by atoms with van der Waals surface area (Å²) >= 11 is 0. The summed E-state index contributed by atoms with van der Waals surface area (Å²) in [5.41, 5.74) is 4.28. The first kappa shape index (κ1) is 22.4. The molecule has 1 saturated heterocycles. The van der Waals surface area contributed by atoms with Crippen molar-refractivity contribution in [3.63, 3.8) is 0 Å². The molecule has 2 amide bonds. The topological polar surface area (TPSA) is 53.1 Å². The van der Waals surface area contributed by atoms with E-state index in [0.717, 1.165) is 28.3 Å². The highest BCUT2D eigenvalue weighted by Gasteiger charge is 2.41. The fourth-order valence-electron chi connectivity index (χ4n) is 4.04. The number of rotatable bonds is 6. The number of nitrogens with zero attached hydrogens (tertiary/aromatic N) is 3. The highest BCUT2D eigenvalue weighted by Crippen LogP contribution is 2.35. The third-order valence-electron chi connectivity index (χ3n) is 5.82. The second-order valence-electron chi connectivity index (χ2n) is 8.34. The summed E-state index contributed by atoms with van der Waals surface area (Å²) in [4.78, 5) is 32.5. The standard InChI is InChI=1S/C27H29N3O3/c1-5-33-24-16-14-23(15-17-24)30-25(31)18-29(22-10-6-19(2)7-11-22)27(32)26(30)20-8-12-21(13-9-20)28(3)4/h6-17,26H,5,18H2,1-4H3/t26-/m1/s1. The minimum absolute atomic E-state index is 0.0125. The second kappa shape index (κ2) is 9.36. The monoisotopic (exact) mass is 443 g/mol. The average molecular weight is 444 g/mol. The maximum absolute atomic E-state index is 13.8. The van der Waals surface area contributed by atoms with Crippen molar-refractivity contribution >= 4 is 28.9 Å². The molecule has 6 nitrogen and oxygen atoms in total. The first-order valence-corrected chi connectivity index (χ1v) is 11.1. The average Bonchev–Trinajstić information content (AvgIpc) is 2.81. The van der Waals surface area contributed by atoms with Crippen LogP contribution in [-0.2, 0) is 9.59 Å². The minimum atomic E-state index is -0.762. The molecule has 0 bridgehead atoms. The van der Waals surface area contributed by atoms with Gasteiger partial charge in [-0.2, -0.15) is 0 Å². The van der Waals surface area contributed by atoms with Crippen LogP contribution in [0.1, 0.15) is 24.1 Å². The Balaban J connectivity index is 1.76. The van der Waals surface area contributed by atoms with Crippen LogP contribution in [0.4, 0.5) is 17.1 Å². The van der Waals surface area contributed by atoms with Gasteiger partial charge in [0.25, 0.3) is 5.91 Å². The van der Waals surface area contributed by atoms with Gasteiger partial charge in [-0.3, -0.25) is 14.5 Å². The number of amides is 2. The Morgan fingerprint density at radius 1 is 0.879 bits per heavy atom. The molecule has 3 aromatic rings. The van der Waals surface area contributed by atoms with Gasteiger partial charge in [-0.25, -0.2) is 0 Å².